The molecule has 0 heterocycles. The zero-order valence-electron chi connectivity index (χ0n) is 9.75. The Hall–Kier alpha value is -2.43. The summed E-state index contributed by atoms with van der Waals surface area (Å²) in [6.07, 6.45) is 0. The predicted molar refractivity (Wildman–Crippen MR) is 66.6 cm³/mol. The molecule has 5 heteroatoms. The molecule has 2 aromatic rings. The van der Waals surface area contributed by atoms with Gasteiger partial charge in [0, 0.05) is 11.5 Å². The van der Waals surface area contributed by atoms with E-state index < -0.39 is 10.9 Å². The third-order valence-corrected chi connectivity index (χ3v) is 2.59. The Morgan fingerprint density at radius 1 is 1.22 bits per heavy atom. The van der Waals surface area contributed by atoms with Crippen molar-refractivity contribution in [2.75, 3.05) is 6.61 Å². The molecule has 0 aliphatic rings. The molecule has 0 unspecified atom stereocenters. The first kappa shape index (κ1) is 12.0. The quantitative estimate of drug-likeness (QED) is 0.473. The summed E-state index contributed by atoms with van der Waals surface area (Å²) in [4.78, 5) is 22.2. The molecule has 18 heavy (non-hydrogen) atoms. The number of carbonyl (C=O) groups excluding carboxylic acids is 1. The smallest absolute Gasteiger partial charge is 0.338 e. The average molecular weight is 245 g/mol. The second-order valence-electron chi connectivity index (χ2n) is 3.66. The zero-order chi connectivity index (χ0) is 13.1. The number of nitro benzene ring substituents is 1. The van der Waals surface area contributed by atoms with E-state index in [4.69, 9.17) is 4.74 Å². The van der Waals surface area contributed by atoms with Gasteiger partial charge in [-0.25, -0.2) is 4.79 Å². The number of nitro groups is 1. The molecular weight excluding hydrogens is 234 g/mol. The maximum absolute atomic E-state index is 11.7. The molecular formula is C13H11NO4. The van der Waals surface area contributed by atoms with Crippen LogP contribution in [0.3, 0.4) is 0 Å². The topological polar surface area (TPSA) is 69.4 Å². The molecule has 0 atom stereocenters. The number of carbonyl (C=O) groups is 1. The number of hydrogen-bond acceptors (Lipinski definition) is 4. The van der Waals surface area contributed by atoms with E-state index in [9.17, 15) is 14.9 Å². The summed E-state index contributed by atoms with van der Waals surface area (Å²) in [5.74, 6) is -0.469. The van der Waals surface area contributed by atoms with Gasteiger partial charge in [0.05, 0.1) is 22.5 Å². The highest BCUT2D eigenvalue weighted by Gasteiger charge is 2.17. The Kier molecular flexibility index (Phi) is 3.23. The van der Waals surface area contributed by atoms with Crippen molar-refractivity contribution >= 4 is 22.4 Å². The molecule has 0 aliphatic heterocycles. The van der Waals surface area contributed by atoms with Crippen LogP contribution in [0.4, 0.5) is 5.69 Å². The van der Waals surface area contributed by atoms with Crippen molar-refractivity contribution < 1.29 is 14.5 Å². The second-order valence-corrected chi connectivity index (χ2v) is 3.66. The first-order valence-corrected chi connectivity index (χ1v) is 5.48. The van der Waals surface area contributed by atoms with Gasteiger partial charge in [0.25, 0.3) is 5.69 Å². The van der Waals surface area contributed by atoms with E-state index in [1.165, 1.54) is 12.1 Å². The molecule has 0 saturated heterocycles. The Labute approximate surface area is 103 Å². The van der Waals surface area contributed by atoms with Crippen LogP contribution >= 0.6 is 0 Å². The Balaban J connectivity index is 2.68. The molecule has 2 rings (SSSR count). The fraction of sp³-hybridized carbons (Fsp3) is 0.154. The van der Waals surface area contributed by atoms with Crippen LogP contribution < -0.4 is 0 Å². The van der Waals surface area contributed by atoms with Crippen LogP contribution in [-0.4, -0.2) is 17.5 Å². The van der Waals surface area contributed by atoms with Gasteiger partial charge in [-0.3, -0.25) is 10.1 Å². The molecule has 0 spiro atoms. The van der Waals surface area contributed by atoms with Crippen LogP contribution in [-0.2, 0) is 4.74 Å². The zero-order valence-corrected chi connectivity index (χ0v) is 9.75. The number of ether oxygens (including phenoxy) is 1. The van der Waals surface area contributed by atoms with E-state index in [1.807, 2.05) is 0 Å². The number of esters is 1. The lowest BCUT2D eigenvalue weighted by molar-refractivity contribution is -0.383. The van der Waals surface area contributed by atoms with Crippen LogP contribution in [0.2, 0.25) is 0 Å². The highest BCUT2D eigenvalue weighted by atomic mass is 16.6. The molecule has 0 fully saturated rings. The molecule has 0 aliphatic carbocycles. The molecule has 0 radical (unpaired) electrons. The highest BCUT2D eigenvalue weighted by molar-refractivity contribution is 6.07. The Bertz CT molecular complexity index is 621. The summed E-state index contributed by atoms with van der Waals surface area (Å²) in [6, 6.07) is 9.48. The van der Waals surface area contributed by atoms with Gasteiger partial charge in [0.2, 0.25) is 0 Å². The summed E-state index contributed by atoms with van der Waals surface area (Å²) in [5, 5.41) is 11.9. The van der Waals surface area contributed by atoms with Crippen molar-refractivity contribution in [1.82, 2.24) is 0 Å². The predicted octanol–water partition coefficient (Wildman–Crippen LogP) is 2.92. The van der Waals surface area contributed by atoms with Gasteiger partial charge in [-0.2, -0.15) is 0 Å². The number of fused-ring (bicyclic) bond motifs is 1. The van der Waals surface area contributed by atoms with Crippen molar-refractivity contribution in [3.8, 4) is 0 Å². The molecule has 0 aromatic heterocycles. The maximum atomic E-state index is 11.7. The number of nitrogens with zero attached hydrogens (tertiary/aromatic N) is 1. The van der Waals surface area contributed by atoms with Crippen molar-refractivity contribution in [3.63, 3.8) is 0 Å². The minimum atomic E-state index is -0.469. The lowest BCUT2D eigenvalue weighted by Crippen LogP contribution is -2.05. The first-order valence-electron chi connectivity index (χ1n) is 5.48. The summed E-state index contributed by atoms with van der Waals surface area (Å²) < 4.78 is 4.93. The van der Waals surface area contributed by atoms with Crippen molar-refractivity contribution in [1.29, 1.82) is 0 Å². The molecule has 0 saturated carbocycles. The third-order valence-electron chi connectivity index (χ3n) is 2.59. The summed E-state index contributed by atoms with van der Waals surface area (Å²) in [6.45, 7) is 1.98. The molecule has 0 bridgehead atoms. The Morgan fingerprint density at radius 3 is 2.50 bits per heavy atom. The minimum absolute atomic E-state index is 0.0151. The highest BCUT2D eigenvalue weighted by Crippen LogP contribution is 2.28. The lowest BCUT2D eigenvalue weighted by Gasteiger charge is -2.06. The van der Waals surface area contributed by atoms with E-state index in [2.05, 4.69) is 0 Å². The van der Waals surface area contributed by atoms with Crippen LogP contribution in [0.1, 0.15) is 17.3 Å². The Morgan fingerprint density at radius 2 is 1.89 bits per heavy atom. The maximum Gasteiger partial charge on any atom is 0.338 e. The number of hydrogen-bond donors (Lipinski definition) is 0. The largest absolute Gasteiger partial charge is 0.462 e. The van der Waals surface area contributed by atoms with Crippen molar-refractivity contribution in [3.05, 3.63) is 52.1 Å². The SMILES string of the molecule is CCOC(=O)c1ccc([N+](=O)[O-])c2ccccc12. The molecule has 0 N–H and O–H groups in total. The van der Waals surface area contributed by atoms with E-state index in [0.717, 1.165) is 0 Å². The fourth-order valence-electron chi connectivity index (χ4n) is 1.83. The van der Waals surface area contributed by atoms with E-state index in [-0.39, 0.29) is 12.3 Å². The molecule has 92 valence electrons. The van der Waals surface area contributed by atoms with Gasteiger partial charge >= 0.3 is 5.97 Å². The molecule has 5 nitrogen and oxygen atoms in total. The number of rotatable bonds is 3. The number of non-ortho nitro benzene ring substituents is 1. The van der Waals surface area contributed by atoms with Crippen LogP contribution in [0, 0.1) is 10.1 Å². The van der Waals surface area contributed by atoms with E-state index >= 15 is 0 Å². The van der Waals surface area contributed by atoms with Gasteiger partial charge < -0.3 is 4.74 Å². The molecule has 0 amide bonds. The van der Waals surface area contributed by atoms with Gasteiger partial charge in [-0.05, 0) is 19.1 Å². The van der Waals surface area contributed by atoms with Gasteiger partial charge in [-0.15, -0.1) is 0 Å². The van der Waals surface area contributed by atoms with Crippen LogP contribution in [0.25, 0.3) is 10.8 Å². The van der Waals surface area contributed by atoms with E-state index in [1.54, 1.807) is 31.2 Å². The minimum Gasteiger partial charge on any atom is -0.462 e. The molecule has 2 aromatic carbocycles. The van der Waals surface area contributed by atoms with Gasteiger partial charge in [0.15, 0.2) is 0 Å². The lowest BCUT2D eigenvalue weighted by atomic mass is 10.0. The fourth-order valence-corrected chi connectivity index (χ4v) is 1.83. The van der Waals surface area contributed by atoms with Gasteiger partial charge in [-0.1, -0.05) is 18.2 Å². The van der Waals surface area contributed by atoms with Crippen LogP contribution in [0.15, 0.2) is 36.4 Å². The van der Waals surface area contributed by atoms with Crippen molar-refractivity contribution in [2.24, 2.45) is 0 Å². The van der Waals surface area contributed by atoms with Crippen molar-refractivity contribution in [2.45, 2.75) is 6.92 Å². The normalized spacial score (nSPS) is 10.3. The third kappa shape index (κ3) is 2.02. The monoisotopic (exact) mass is 245 g/mol. The summed E-state index contributed by atoms with van der Waals surface area (Å²) in [7, 11) is 0. The summed E-state index contributed by atoms with van der Waals surface area (Å²) >= 11 is 0. The van der Waals surface area contributed by atoms with Crippen LogP contribution in [0.5, 0.6) is 0 Å². The number of benzene rings is 2. The van der Waals surface area contributed by atoms with E-state index in [0.29, 0.717) is 16.3 Å². The standard InChI is InChI=1S/C13H11NO4/c1-2-18-13(15)11-7-8-12(14(16)17)10-6-4-3-5-9(10)11/h3-8H,2H2,1H3. The van der Waals surface area contributed by atoms with Gasteiger partial charge in [0.1, 0.15) is 0 Å². The summed E-state index contributed by atoms with van der Waals surface area (Å²) in [5.41, 5.74) is 0.330. The second kappa shape index (κ2) is 4.83. The first-order chi connectivity index (χ1) is 8.65. The average Bonchev–Trinajstić information content (AvgIpc) is 2.37.